The van der Waals surface area contributed by atoms with E-state index in [9.17, 15) is 34.6 Å². The van der Waals surface area contributed by atoms with Crippen LogP contribution in [0.5, 0.6) is 11.5 Å². The van der Waals surface area contributed by atoms with E-state index in [-0.39, 0.29) is 43.1 Å². The van der Waals surface area contributed by atoms with Gasteiger partial charge in [-0.15, -0.1) is 0 Å². The standard InChI is InChI=1S/C20H15N3O4.C20H16N2O6.C2H6O.CH4/c1-27-19-6-5-15(13-22-8-7-14(12-21)10-20(22)24)9-18(19)16-3-2-4-17(11-16)23(25)26;1-28-18-6-5-13(12-21-8-7-15(20(24)25)11-19(21)23)9-17(18)14-3-2-4-16(10-14)22(26)27;1-2-3;/h2-11H,13H2,1H3;2-11H,12H2,1H3,(H,24,25);3H,2H2,1H3;1H4. The van der Waals surface area contributed by atoms with Crippen LogP contribution in [-0.2, 0) is 13.1 Å². The minimum absolute atomic E-state index is 0. The summed E-state index contributed by atoms with van der Waals surface area (Å²) in [6.07, 6.45) is 2.99. The van der Waals surface area contributed by atoms with Crippen LogP contribution in [0.4, 0.5) is 11.4 Å². The second kappa shape index (κ2) is 21.4. The molecule has 16 heteroatoms. The van der Waals surface area contributed by atoms with Gasteiger partial charge in [0.1, 0.15) is 11.5 Å². The minimum Gasteiger partial charge on any atom is -0.496 e. The molecule has 2 aromatic heterocycles. The number of aliphatic hydroxyl groups excluding tert-OH is 1. The van der Waals surface area contributed by atoms with E-state index in [0.29, 0.717) is 45.9 Å². The van der Waals surface area contributed by atoms with Crippen LogP contribution >= 0.6 is 0 Å². The van der Waals surface area contributed by atoms with Gasteiger partial charge >= 0.3 is 5.97 Å². The molecular weight excluding hydrogens is 762 g/mol. The molecule has 16 nitrogen and oxygen atoms in total. The molecule has 0 spiro atoms. The van der Waals surface area contributed by atoms with Crippen LogP contribution in [0.15, 0.2) is 131 Å². The van der Waals surface area contributed by atoms with Crippen molar-refractivity contribution < 1.29 is 34.3 Å². The third-order valence-corrected chi connectivity index (χ3v) is 8.34. The van der Waals surface area contributed by atoms with Gasteiger partial charge in [-0.1, -0.05) is 43.8 Å². The van der Waals surface area contributed by atoms with Crippen LogP contribution in [0.25, 0.3) is 22.3 Å². The van der Waals surface area contributed by atoms with Gasteiger partial charge in [0, 0.05) is 66.5 Å². The van der Waals surface area contributed by atoms with Crippen LogP contribution in [0.1, 0.15) is 41.4 Å². The van der Waals surface area contributed by atoms with Crippen LogP contribution in [0, 0.1) is 31.6 Å². The summed E-state index contributed by atoms with van der Waals surface area (Å²) in [6.45, 7) is 2.45. The van der Waals surface area contributed by atoms with Crippen molar-refractivity contribution >= 4 is 17.3 Å². The van der Waals surface area contributed by atoms with Crippen molar-refractivity contribution in [1.29, 1.82) is 5.26 Å². The van der Waals surface area contributed by atoms with E-state index < -0.39 is 21.4 Å². The molecule has 0 radical (unpaired) electrons. The van der Waals surface area contributed by atoms with Gasteiger partial charge in [0.15, 0.2) is 0 Å². The van der Waals surface area contributed by atoms with E-state index in [2.05, 4.69) is 0 Å². The van der Waals surface area contributed by atoms with Crippen molar-refractivity contribution in [2.45, 2.75) is 27.4 Å². The number of hydrogen-bond acceptors (Lipinski definition) is 11. The molecular formula is C43H41N5O11. The Morgan fingerprint density at radius 2 is 1.15 bits per heavy atom. The molecule has 0 amide bonds. The molecule has 304 valence electrons. The molecule has 4 aromatic carbocycles. The van der Waals surface area contributed by atoms with Gasteiger partial charge < -0.3 is 28.8 Å². The van der Waals surface area contributed by atoms with E-state index in [1.54, 1.807) is 67.7 Å². The number of nitriles is 1. The predicted octanol–water partition coefficient (Wildman–Crippen LogP) is 7.17. The number of aromatic carboxylic acids is 1. The number of carboxylic acid groups (broad SMARTS) is 1. The van der Waals surface area contributed by atoms with Crippen LogP contribution in [0.3, 0.4) is 0 Å². The fourth-order valence-corrected chi connectivity index (χ4v) is 5.60. The van der Waals surface area contributed by atoms with Gasteiger partial charge in [-0.2, -0.15) is 5.26 Å². The topological polar surface area (TPSA) is 230 Å². The lowest BCUT2D eigenvalue weighted by Gasteiger charge is -2.12. The number of benzene rings is 4. The average molecular weight is 804 g/mol. The van der Waals surface area contributed by atoms with Gasteiger partial charge in [0.05, 0.1) is 54.4 Å². The fourth-order valence-electron chi connectivity index (χ4n) is 5.60. The highest BCUT2D eigenvalue weighted by molar-refractivity contribution is 5.87. The van der Waals surface area contributed by atoms with E-state index in [0.717, 1.165) is 17.2 Å². The first kappa shape index (κ1) is 45.5. The number of methoxy groups -OCH3 is 2. The molecule has 6 aromatic rings. The molecule has 0 aliphatic rings. The van der Waals surface area contributed by atoms with Crippen molar-refractivity contribution in [1.82, 2.24) is 9.13 Å². The monoisotopic (exact) mass is 803 g/mol. The van der Waals surface area contributed by atoms with Crippen molar-refractivity contribution in [3.05, 3.63) is 185 Å². The minimum atomic E-state index is -1.17. The Balaban J connectivity index is 0.000000291. The first-order chi connectivity index (χ1) is 27.8. The number of aromatic nitrogens is 2. The van der Waals surface area contributed by atoms with Gasteiger partial charge in [0.2, 0.25) is 0 Å². The largest absolute Gasteiger partial charge is 0.496 e. The number of non-ortho nitro benzene ring substituents is 2. The van der Waals surface area contributed by atoms with Gasteiger partial charge in [0.25, 0.3) is 22.5 Å². The molecule has 6 rings (SSSR count). The van der Waals surface area contributed by atoms with Crippen molar-refractivity contribution in [3.63, 3.8) is 0 Å². The number of ether oxygens (including phenoxy) is 2. The number of nitro groups is 2. The lowest BCUT2D eigenvalue weighted by molar-refractivity contribution is -0.385. The second-order valence-electron chi connectivity index (χ2n) is 12.2. The molecule has 0 atom stereocenters. The fraction of sp³-hybridized carbons (Fsp3) is 0.163. The molecule has 0 bridgehead atoms. The number of rotatable bonds is 11. The predicted molar refractivity (Wildman–Crippen MR) is 221 cm³/mol. The molecule has 0 aliphatic carbocycles. The third kappa shape index (κ3) is 12.0. The second-order valence-corrected chi connectivity index (χ2v) is 12.2. The number of nitrogens with zero attached hydrogens (tertiary/aromatic N) is 5. The summed E-state index contributed by atoms with van der Waals surface area (Å²) in [5.74, 6) is -0.0501. The van der Waals surface area contributed by atoms with E-state index in [1.807, 2.05) is 18.2 Å². The molecule has 0 unspecified atom stereocenters. The highest BCUT2D eigenvalue weighted by atomic mass is 16.6. The summed E-state index contributed by atoms with van der Waals surface area (Å²) in [5.41, 5.74) is 3.66. The quantitative estimate of drug-likeness (QED) is 0.0981. The summed E-state index contributed by atoms with van der Waals surface area (Å²) in [4.78, 5) is 56.4. The Morgan fingerprint density at radius 3 is 1.53 bits per heavy atom. The zero-order valence-corrected chi connectivity index (χ0v) is 31.5. The first-order valence-corrected chi connectivity index (χ1v) is 17.3. The first-order valence-electron chi connectivity index (χ1n) is 17.3. The van der Waals surface area contributed by atoms with E-state index >= 15 is 0 Å². The Hall–Kier alpha value is -7.90. The lowest BCUT2D eigenvalue weighted by Crippen LogP contribution is -2.20. The normalized spacial score (nSPS) is 9.95. The molecule has 2 heterocycles. The smallest absolute Gasteiger partial charge is 0.335 e. The maximum Gasteiger partial charge on any atom is 0.335 e. The summed E-state index contributed by atoms with van der Waals surface area (Å²) in [5, 5.41) is 47.5. The Labute approximate surface area is 338 Å². The maximum atomic E-state index is 12.1. The zero-order chi connectivity index (χ0) is 42.4. The van der Waals surface area contributed by atoms with Crippen LogP contribution in [0.2, 0.25) is 0 Å². The lowest BCUT2D eigenvalue weighted by atomic mass is 10.0. The number of aliphatic hydroxyl groups is 1. The summed E-state index contributed by atoms with van der Waals surface area (Å²) < 4.78 is 13.6. The number of hydrogen-bond donors (Lipinski definition) is 2. The van der Waals surface area contributed by atoms with Crippen molar-refractivity contribution in [2.75, 3.05) is 20.8 Å². The molecule has 59 heavy (non-hydrogen) atoms. The molecule has 0 aliphatic heterocycles. The average Bonchev–Trinajstić information content (AvgIpc) is 3.22. The Kier molecular flexibility index (Phi) is 16.5. The SMILES string of the molecule is C.CCO.COc1ccc(Cn2ccc(C#N)cc2=O)cc1-c1cccc([N+](=O)[O-])c1.COc1ccc(Cn2ccc(C(=O)O)cc2=O)cc1-c1cccc([N+](=O)[O-])c1. The third-order valence-electron chi connectivity index (χ3n) is 8.34. The van der Waals surface area contributed by atoms with Gasteiger partial charge in [-0.25, -0.2) is 4.79 Å². The van der Waals surface area contributed by atoms with Crippen LogP contribution < -0.4 is 20.6 Å². The van der Waals surface area contributed by atoms with Crippen LogP contribution in [-0.4, -0.2) is 56.0 Å². The Bertz CT molecular complexity index is 2610. The molecule has 0 saturated heterocycles. The zero-order valence-electron chi connectivity index (χ0n) is 31.5. The Morgan fingerprint density at radius 1 is 0.712 bits per heavy atom. The number of carbonyl (C=O) groups is 1. The maximum absolute atomic E-state index is 12.1. The van der Waals surface area contributed by atoms with Gasteiger partial charge in [-0.3, -0.25) is 29.8 Å². The number of nitro benzene ring substituents is 2. The highest BCUT2D eigenvalue weighted by Gasteiger charge is 2.14. The summed E-state index contributed by atoms with van der Waals surface area (Å²) >= 11 is 0. The number of carboxylic acids is 1. The number of pyridine rings is 2. The molecule has 0 fully saturated rings. The molecule has 0 saturated carbocycles. The van der Waals surface area contributed by atoms with E-state index in [1.165, 1.54) is 65.9 Å². The summed E-state index contributed by atoms with van der Waals surface area (Å²) in [7, 11) is 3.03. The molecule has 2 N–H and O–H groups in total. The van der Waals surface area contributed by atoms with E-state index in [4.69, 9.17) is 24.9 Å². The highest BCUT2D eigenvalue weighted by Crippen LogP contribution is 2.34. The van der Waals surface area contributed by atoms with Crippen molar-refractivity contribution in [3.8, 4) is 39.8 Å². The van der Waals surface area contributed by atoms with Gasteiger partial charge in [-0.05, 0) is 65.6 Å². The summed E-state index contributed by atoms with van der Waals surface area (Å²) in [6, 6.07) is 30.4. The van der Waals surface area contributed by atoms with Crippen molar-refractivity contribution in [2.24, 2.45) is 0 Å².